The van der Waals surface area contributed by atoms with Crippen molar-refractivity contribution in [1.82, 2.24) is 0 Å². The minimum atomic E-state index is 0.185. The Labute approximate surface area is 194 Å². The number of benzene rings is 4. The van der Waals surface area contributed by atoms with Crippen LogP contribution in [0.25, 0.3) is 43.1 Å². The van der Waals surface area contributed by atoms with E-state index in [1.807, 2.05) is 48.5 Å². The summed E-state index contributed by atoms with van der Waals surface area (Å²) < 4.78 is 0. The summed E-state index contributed by atoms with van der Waals surface area (Å²) in [6.07, 6.45) is 0. The summed E-state index contributed by atoms with van der Waals surface area (Å²) in [4.78, 5) is 2.01. The molecule has 0 spiro atoms. The zero-order chi connectivity index (χ0) is 22.9. The predicted octanol–water partition coefficient (Wildman–Crippen LogP) is 7.24. The maximum Gasteiger partial charge on any atom is 0.115 e. The molecule has 0 saturated carbocycles. The summed E-state index contributed by atoms with van der Waals surface area (Å²) in [6.45, 7) is 0. The molecule has 0 aliphatic heterocycles. The third kappa shape index (κ3) is 4.02. The lowest BCUT2D eigenvalue weighted by atomic mass is 9.91. The molecule has 0 saturated heterocycles. The molecule has 1 heterocycles. The highest BCUT2D eigenvalue weighted by Crippen LogP contribution is 2.52. The molecule has 4 N–H and O–H groups in total. The maximum absolute atomic E-state index is 9.87. The number of hydrogen-bond acceptors (Lipinski definition) is 5. The fourth-order valence-electron chi connectivity index (χ4n) is 3.87. The SMILES string of the molecule is Oc1ccc(-c2sc(-c3ccc(O)cc3)c(-c3ccc(O)cc3)c2-c2ccc(O)cc2)cc1. The van der Waals surface area contributed by atoms with Gasteiger partial charge in [-0.2, -0.15) is 0 Å². The van der Waals surface area contributed by atoms with Gasteiger partial charge in [0.2, 0.25) is 0 Å². The highest BCUT2D eigenvalue weighted by Gasteiger charge is 2.23. The van der Waals surface area contributed by atoms with Crippen molar-refractivity contribution < 1.29 is 20.4 Å². The largest absolute Gasteiger partial charge is 0.508 e. The molecule has 33 heavy (non-hydrogen) atoms. The normalized spacial score (nSPS) is 10.9. The maximum atomic E-state index is 9.87. The number of phenolic OH excluding ortho intramolecular Hbond substituents is 4. The average molecular weight is 453 g/mol. The van der Waals surface area contributed by atoms with E-state index in [9.17, 15) is 20.4 Å². The van der Waals surface area contributed by atoms with Crippen molar-refractivity contribution in [3.05, 3.63) is 97.1 Å². The first-order valence-corrected chi connectivity index (χ1v) is 11.2. The Kier molecular flexibility index (Phi) is 5.24. The quantitative estimate of drug-likeness (QED) is 0.232. The highest BCUT2D eigenvalue weighted by molar-refractivity contribution is 7.20. The van der Waals surface area contributed by atoms with Crippen LogP contribution in [0.15, 0.2) is 97.1 Å². The summed E-state index contributed by atoms with van der Waals surface area (Å²) in [5.41, 5.74) is 5.73. The Hall–Kier alpha value is -4.22. The lowest BCUT2D eigenvalue weighted by Gasteiger charge is -2.11. The van der Waals surface area contributed by atoms with Crippen molar-refractivity contribution in [3.8, 4) is 66.1 Å². The summed E-state index contributed by atoms with van der Waals surface area (Å²) in [6, 6.07) is 28.3. The Morgan fingerprint density at radius 1 is 0.333 bits per heavy atom. The first kappa shape index (κ1) is 20.7. The van der Waals surface area contributed by atoms with Crippen molar-refractivity contribution in [2.45, 2.75) is 0 Å². The summed E-state index contributed by atoms with van der Waals surface area (Å²) >= 11 is 1.61. The van der Waals surface area contributed by atoms with Gasteiger partial charge in [-0.3, -0.25) is 0 Å². The number of aromatic hydroxyl groups is 4. The number of phenols is 4. The van der Waals surface area contributed by atoms with Crippen molar-refractivity contribution in [2.24, 2.45) is 0 Å². The lowest BCUT2D eigenvalue weighted by Crippen LogP contribution is -1.86. The fraction of sp³-hybridized carbons (Fsp3) is 0. The number of thiophene rings is 1. The van der Waals surface area contributed by atoms with Gasteiger partial charge in [-0.1, -0.05) is 24.3 Å². The average Bonchev–Trinajstić information content (AvgIpc) is 3.21. The Morgan fingerprint density at radius 2 is 0.576 bits per heavy atom. The molecule has 0 bridgehead atoms. The smallest absolute Gasteiger partial charge is 0.115 e. The predicted molar refractivity (Wildman–Crippen MR) is 133 cm³/mol. The van der Waals surface area contributed by atoms with E-state index in [1.165, 1.54) is 0 Å². The Morgan fingerprint density at radius 3 is 0.848 bits per heavy atom. The molecule has 4 nitrogen and oxygen atoms in total. The first-order chi connectivity index (χ1) is 16.0. The molecular formula is C28H20O4S. The van der Waals surface area contributed by atoms with Crippen LogP contribution in [0.2, 0.25) is 0 Å². The Balaban J connectivity index is 1.86. The van der Waals surface area contributed by atoms with E-state index in [0.717, 1.165) is 43.1 Å². The van der Waals surface area contributed by atoms with Crippen molar-refractivity contribution in [1.29, 1.82) is 0 Å². The van der Waals surface area contributed by atoms with Gasteiger partial charge in [0.05, 0.1) is 0 Å². The van der Waals surface area contributed by atoms with E-state index in [4.69, 9.17) is 0 Å². The molecule has 0 amide bonds. The van der Waals surface area contributed by atoms with Gasteiger partial charge < -0.3 is 20.4 Å². The summed E-state index contributed by atoms with van der Waals surface area (Å²) in [5.74, 6) is 0.758. The summed E-state index contributed by atoms with van der Waals surface area (Å²) in [7, 11) is 0. The van der Waals surface area contributed by atoms with Crippen molar-refractivity contribution in [3.63, 3.8) is 0 Å². The van der Waals surface area contributed by atoms with E-state index >= 15 is 0 Å². The second-order valence-electron chi connectivity index (χ2n) is 7.70. The summed E-state index contributed by atoms with van der Waals surface area (Å²) in [5, 5.41) is 39.4. The second kappa shape index (κ2) is 8.37. The van der Waals surface area contributed by atoms with Gasteiger partial charge in [0.1, 0.15) is 23.0 Å². The molecule has 4 aromatic carbocycles. The van der Waals surface area contributed by atoms with Crippen LogP contribution in [0.3, 0.4) is 0 Å². The van der Waals surface area contributed by atoms with Gasteiger partial charge in [-0.25, -0.2) is 0 Å². The number of rotatable bonds is 4. The van der Waals surface area contributed by atoms with Crippen LogP contribution < -0.4 is 0 Å². The molecule has 1 aromatic heterocycles. The third-order valence-electron chi connectivity index (χ3n) is 5.48. The lowest BCUT2D eigenvalue weighted by molar-refractivity contribution is 0.475. The second-order valence-corrected chi connectivity index (χ2v) is 8.72. The van der Waals surface area contributed by atoms with Gasteiger partial charge in [-0.05, 0) is 95.1 Å². The fourth-order valence-corrected chi connectivity index (χ4v) is 5.23. The van der Waals surface area contributed by atoms with Gasteiger partial charge in [0.15, 0.2) is 0 Å². The van der Waals surface area contributed by atoms with Crippen LogP contribution in [0.5, 0.6) is 23.0 Å². The highest BCUT2D eigenvalue weighted by atomic mass is 32.1. The van der Waals surface area contributed by atoms with E-state index in [1.54, 1.807) is 59.9 Å². The van der Waals surface area contributed by atoms with Crippen LogP contribution in [0.1, 0.15) is 0 Å². The monoisotopic (exact) mass is 452 g/mol. The van der Waals surface area contributed by atoms with Gasteiger partial charge in [-0.15, -0.1) is 11.3 Å². The Bertz CT molecular complexity index is 1290. The van der Waals surface area contributed by atoms with Crippen molar-refractivity contribution in [2.75, 3.05) is 0 Å². The molecule has 0 atom stereocenters. The third-order valence-corrected chi connectivity index (χ3v) is 6.77. The van der Waals surface area contributed by atoms with Crippen LogP contribution >= 0.6 is 11.3 Å². The van der Waals surface area contributed by atoms with Gasteiger partial charge >= 0.3 is 0 Å². The molecule has 162 valence electrons. The standard InChI is InChI=1S/C28H20O4S/c29-21-9-1-17(2-10-21)25-26(18-3-11-22(30)12-4-18)28(20-7-15-24(32)16-8-20)33-27(25)19-5-13-23(31)14-6-19/h1-16,29-32H. The van der Waals surface area contributed by atoms with Crippen LogP contribution in [0.4, 0.5) is 0 Å². The first-order valence-electron chi connectivity index (χ1n) is 10.3. The topological polar surface area (TPSA) is 80.9 Å². The van der Waals surface area contributed by atoms with Crippen LogP contribution in [-0.2, 0) is 0 Å². The van der Waals surface area contributed by atoms with E-state index in [2.05, 4.69) is 0 Å². The van der Waals surface area contributed by atoms with Gasteiger partial charge in [0.25, 0.3) is 0 Å². The molecule has 0 aliphatic carbocycles. The molecule has 5 aromatic rings. The van der Waals surface area contributed by atoms with Crippen LogP contribution in [0, 0.1) is 0 Å². The van der Waals surface area contributed by atoms with E-state index < -0.39 is 0 Å². The molecule has 5 heteroatoms. The molecule has 5 rings (SSSR count). The molecule has 0 aliphatic rings. The number of hydrogen-bond donors (Lipinski definition) is 4. The van der Waals surface area contributed by atoms with E-state index in [0.29, 0.717) is 0 Å². The zero-order valence-corrected chi connectivity index (χ0v) is 18.3. The zero-order valence-electron chi connectivity index (χ0n) is 17.4. The minimum Gasteiger partial charge on any atom is -0.508 e. The minimum absolute atomic E-state index is 0.185. The van der Waals surface area contributed by atoms with Gasteiger partial charge in [0, 0.05) is 20.9 Å². The van der Waals surface area contributed by atoms with Crippen LogP contribution in [-0.4, -0.2) is 20.4 Å². The van der Waals surface area contributed by atoms with E-state index in [-0.39, 0.29) is 23.0 Å². The van der Waals surface area contributed by atoms with Crippen molar-refractivity contribution >= 4 is 11.3 Å². The molecule has 0 unspecified atom stereocenters. The molecule has 0 fully saturated rings. The molecular weight excluding hydrogens is 432 g/mol. The molecule has 0 radical (unpaired) electrons.